The summed E-state index contributed by atoms with van der Waals surface area (Å²) < 4.78 is 0. The van der Waals surface area contributed by atoms with E-state index < -0.39 is 0 Å². The Kier molecular flexibility index (Phi) is 4.38. The second-order valence-corrected chi connectivity index (χ2v) is 6.98. The molecule has 0 spiro atoms. The lowest BCUT2D eigenvalue weighted by atomic mass is 9.96. The molecule has 1 N–H and O–H groups in total. The number of nitrogens with one attached hydrogen (secondary N) is 1. The van der Waals surface area contributed by atoms with E-state index in [2.05, 4.69) is 25.2 Å². The first-order chi connectivity index (χ1) is 11.8. The summed E-state index contributed by atoms with van der Waals surface area (Å²) in [4.78, 5) is 27.6. The van der Waals surface area contributed by atoms with Gasteiger partial charge in [0.15, 0.2) is 5.65 Å². The van der Waals surface area contributed by atoms with Gasteiger partial charge in [-0.15, -0.1) is 0 Å². The lowest BCUT2D eigenvalue weighted by molar-refractivity contribution is 0.0937. The third-order valence-electron chi connectivity index (χ3n) is 5.09. The maximum atomic E-state index is 12.5. The normalized spacial score (nSPS) is 19.5. The zero-order chi connectivity index (χ0) is 16.4. The molecule has 0 aromatic carbocycles. The van der Waals surface area contributed by atoms with Crippen LogP contribution in [0.25, 0.3) is 11.2 Å². The third-order valence-corrected chi connectivity index (χ3v) is 5.09. The van der Waals surface area contributed by atoms with Gasteiger partial charge in [0, 0.05) is 31.7 Å². The molecule has 1 amide bonds. The molecule has 6 heteroatoms. The fourth-order valence-corrected chi connectivity index (χ4v) is 3.43. The van der Waals surface area contributed by atoms with Crippen LogP contribution in [0.5, 0.6) is 0 Å². The minimum Gasteiger partial charge on any atom is -0.352 e. The van der Waals surface area contributed by atoms with E-state index in [-0.39, 0.29) is 5.91 Å². The predicted molar refractivity (Wildman–Crippen MR) is 91.6 cm³/mol. The number of amides is 1. The Bertz CT molecular complexity index is 717. The molecule has 1 saturated heterocycles. The van der Waals surface area contributed by atoms with Crippen molar-refractivity contribution in [3.63, 3.8) is 0 Å². The molecule has 0 atom stereocenters. The summed E-state index contributed by atoms with van der Waals surface area (Å²) in [6.45, 7) is 4.35. The Balaban J connectivity index is 1.31. The van der Waals surface area contributed by atoms with Crippen LogP contribution in [0, 0.1) is 11.8 Å². The summed E-state index contributed by atoms with van der Waals surface area (Å²) in [5.74, 6) is 1.45. The second kappa shape index (κ2) is 6.81. The van der Waals surface area contributed by atoms with Crippen LogP contribution < -0.4 is 5.32 Å². The van der Waals surface area contributed by atoms with Gasteiger partial charge in [0.1, 0.15) is 5.52 Å². The average molecular weight is 325 g/mol. The molecule has 2 aliphatic rings. The third kappa shape index (κ3) is 3.53. The van der Waals surface area contributed by atoms with Crippen molar-refractivity contribution in [1.82, 2.24) is 25.2 Å². The molecule has 3 heterocycles. The Morgan fingerprint density at radius 1 is 1.04 bits per heavy atom. The molecule has 0 unspecified atom stereocenters. The molecular formula is C18H23N5O. The maximum absolute atomic E-state index is 12.5. The molecule has 1 aliphatic heterocycles. The molecule has 6 nitrogen and oxygen atoms in total. The molecule has 2 aromatic heterocycles. The number of carbonyl (C=O) groups is 1. The van der Waals surface area contributed by atoms with Crippen molar-refractivity contribution in [2.24, 2.45) is 11.8 Å². The molecule has 2 aromatic rings. The fourth-order valence-electron chi connectivity index (χ4n) is 3.43. The fraction of sp³-hybridized carbons (Fsp3) is 0.556. The van der Waals surface area contributed by atoms with Gasteiger partial charge in [-0.25, -0.2) is 9.97 Å². The number of fused-ring (bicyclic) bond motifs is 1. The predicted octanol–water partition coefficient (Wildman–Crippen LogP) is 1.88. The van der Waals surface area contributed by atoms with Crippen LogP contribution in [-0.2, 0) is 0 Å². The van der Waals surface area contributed by atoms with Gasteiger partial charge in [-0.1, -0.05) is 0 Å². The number of hydrogen-bond acceptors (Lipinski definition) is 5. The summed E-state index contributed by atoms with van der Waals surface area (Å²) in [5, 5.41) is 3.08. The van der Waals surface area contributed by atoms with Gasteiger partial charge in [-0.3, -0.25) is 9.78 Å². The standard InChI is InChI=1S/C18H23N5O/c24-18(15-3-6-20-17-16(15)19-7-8-21-17)22-11-13-4-9-23(10-5-13)12-14-1-2-14/h3,6-8,13-14H,1-2,4-5,9-12H2,(H,22,24). The Morgan fingerprint density at radius 3 is 2.58 bits per heavy atom. The summed E-state index contributed by atoms with van der Waals surface area (Å²) in [5.41, 5.74) is 1.63. The van der Waals surface area contributed by atoms with Gasteiger partial charge in [-0.05, 0) is 56.7 Å². The van der Waals surface area contributed by atoms with E-state index in [4.69, 9.17) is 0 Å². The van der Waals surface area contributed by atoms with Crippen molar-refractivity contribution in [1.29, 1.82) is 0 Å². The van der Waals surface area contributed by atoms with E-state index in [1.165, 1.54) is 45.3 Å². The van der Waals surface area contributed by atoms with Crippen LogP contribution in [0.3, 0.4) is 0 Å². The van der Waals surface area contributed by atoms with Crippen molar-refractivity contribution < 1.29 is 4.79 Å². The van der Waals surface area contributed by atoms with Crippen molar-refractivity contribution >= 4 is 17.1 Å². The van der Waals surface area contributed by atoms with Crippen LogP contribution >= 0.6 is 0 Å². The first-order valence-electron chi connectivity index (χ1n) is 8.86. The van der Waals surface area contributed by atoms with E-state index in [9.17, 15) is 4.79 Å². The molecule has 4 rings (SSSR count). The van der Waals surface area contributed by atoms with Gasteiger partial charge in [0.2, 0.25) is 0 Å². The average Bonchev–Trinajstić information content (AvgIpc) is 3.44. The highest BCUT2D eigenvalue weighted by Crippen LogP contribution is 2.31. The maximum Gasteiger partial charge on any atom is 0.253 e. The van der Waals surface area contributed by atoms with E-state index in [1.807, 2.05) is 0 Å². The van der Waals surface area contributed by atoms with E-state index in [1.54, 1.807) is 24.7 Å². The monoisotopic (exact) mass is 325 g/mol. The van der Waals surface area contributed by atoms with Crippen LogP contribution in [0.1, 0.15) is 36.0 Å². The lowest BCUT2D eigenvalue weighted by Crippen LogP contribution is -2.39. The van der Waals surface area contributed by atoms with E-state index in [0.717, 1.165) is 12.5 Å². The van der Waals surface area contributed by atoms with E-state index in [0.29, 0.717) is 22.6 Å². The molecule has 0 bridgehead atoms. The quantitative estimate of drug-likeness (QED) is 0.909. The molecule has 2 fully saturated rings. The lowest BCUT2D eigenvalue weighted by Gasteiger charge is -2.32. The zero-order valence-electron chi connectivity index (χ0n) is 13.8. The van der Waals surface area contributed by atoms with Crippen LogP contribution in [0.4, 0.5) is 0 Å². The number of rotatable bonds is 5. The van der Waals surface area contributed by atoms with Gasteiger partial charge in [0.05, 0.1) is 5.56 Å². The molecule has 24 heavy (non-hydrogen) atoms. The summed E-state index contributed by atoms with van der Waals surface area (Å²) in [7, 11) is 0. The smallest absolute Gasteiger partial charge is 0.253 e. The van der Waals surface area contributed by atoms with Crippen molar-refractivity contribution in [2.45, 2.75) is 25.7 Å². The Labute approximate surface area is 141 Å². The highest BCUT2D eigenvalue weighted by Gasteiger charge is 2.27. The molecule has 0 radical (unpaired) electrons. The number of pyridine rings is 1. The second-order valence-electron chi connectivity index (χ2n) is 6.98. The number of nitrogens with zero attached hydrogens (tertiary/aromatic N) is 4. The summed E-state index contributed by atoms with van der Waals surface area (Å²) in [6, 6.07) is 1.71. The largest absolute Gasteiger partial charge is 0.352 e. The van der Waals surface area contributed by atoms with Gasteiger partial charge >= 0.3 is 0 Å². The number of likely N-dealkylation sites (tertiary alicyclic amines) is 1. The summed E-state index contributed by atoms with van der Waals surface area (Å²) >= 11 is 0. The molecule has 1 aliphatic carbocycles. The number of piperidine rings is 1. The van der Waals surface area contributed by atoms with Crippen LogP contribution in [0.15, 0.2) is 24.7 Å². The van der Waals surface area contributed by atoms with Gasteiger partial charge in [-0.2, -0.15) is 0 Å². The highest BCUT2D eigenvalue weighted by molar-refractivity contribution is 6.03. The minimum absolute atomic E-state index is 0.0803. The first-order valence-corrected chi connectivity index (χ1v) is 8.86. The Morgan fingerprint density at radius 2 is 1.79 bits per heavy atom. The Hall–Kier alpha value is -2.08. The minimum atomic E-state index is -0.0803. The van der Waals surface area contributed by atoms with Gasteiger partial charge < -0.3 is 10.2 Å². The summed E-state index contributed by atoms with van der Waals surface area (Å²) in [6.07, 6.45) is 9.97. The first kappa shape index (κ1) is 15.4. The van der Waals surface area contributed by atoms with E-state index >= 15 is 0 Å². The number of hydrogen-bond donors (Lipinski definition) is 1. The topological polar surface area (TPSA) is 71.0 Å². The number of carbonyl (C=O) groups excluding carboxylic acids is 1. The van der Waals surface area contributed by atoms with Crippen LogP contribution in [-0.4, -0.2) is 51.9 Å². The van der Waals surface area contributed by atoms with Gasteiger partial charge in [0.25, 0.3) is 5.91 Å². The highest BCUT2D eigenvalue weighted by atomic mass is 16.1. The van der Waals surface area contributed by atoms with Crippen molar-refractivity contribution in [3.8, 4) is 0 Å². The molecule has 1 saturated carbocycles. The molecular weight excluding hydrogens is 302 g/mol. The van der Waals surface area contributed by atoms with Crippen LogP contribution in [0.2, 0.25) is 0 Å². The SMILES string of the molecule is O=C(NCC1CCN(CC2CC2)CC1)c1ccnc2nccnc12. The number of aromatic nitrogens is 3. The molecule has 126 valence electrons. The van der Waals surface area contributed by atoms with Crippen molar-refractivity contribution in [2.75, 3.05) is 26.2 Å². The zero-order valence-corrected chi connectivity index (χ0v) is 13.8. The van der Waals surface area contributed by atoms with Crippen molar-refractivity contribution in [3.05, 3.63) is 30.2 Å².